The number of hydrogen-bond donors (Lipinski definition) is 1. The molecule has 1 atom stereocenters. The van der Waals surface area contributed by atoms with Crippen LogP contribution in [0.15, 0.2) is 24.3 Å². The van der Waals surface area contributed by atoms with Gasteiger partial charge in [-0.25, -0.2) is 0 Å². The summed E-state index contributed by atoms with van der Waals surface area (Å²) < 4.78 is 0. The maximum atomic E-state index is 12.1. The third kappa shape index (κ3) is 1.90. The molecule has 16 heavy (non-hydrogen) atoms. The van der Waals surface area contributed by atoms with E-state index in [9.17, 15) is 4.79 Å². The van der Waals surface area contributed by atoms with Crippen molar-refractivity contribution in [3.63, 3.8) is 0 Å². The third-order valence-corrected chi connectivity index (χ3v) is 2.96. The molecule has 0 saturated heterocycles. The summed E-state index contributed by atoms with van der Waals surface area (Å²) in [6, 6.07) is 7.69. The molecule has 86 valence electrons. The minimum atomic E-state index is 0.111. The molecule has 0 aliphatic carbocycles. The summed E-state index contributed by atoms with van der Waals surface area (Å²) >= 11 is 0. The van der Waals surface area contributed by atoms with Crippen molar-refractivity contribution in [2.24, 2.45) is 5.92 Å². The van der Waals surface area contributed by atoms with Gasteiger partial charge in [0.1, 0.15) is 6.17 Å². The number of fused-ring (bicyclic) bond motifs is 1. The van der Waals surface area contributed by atoms with Crippen LogP contribution in [0.4, 0.5) is 5.69 Å². The van der Waals surface area contributed by atoms with Crippen LogP contribution < -0.4 is 5.32 Å². The van der Waals surface area contributed by atoms with Crippen LogP contribution >= 0.6 is 0 Å². The lowest BCUT2D eigenvalue weighted by atomic mass is 10.0. The zero-order chi connectivity index (χ0) is 11.7. The highest BCUT2D eigenvalue weighted by molar-refractivity contribution is 6.01. The van der Waals surface area contributed by atoms with E-state index in [0.717, 1.165) is 17.7 Å². The van der Waals surface area contributed by atoms with Gasteiger partial charge in [-0.05, 0) is 24.5 Å². The molecule has 3 heteroatoms. The highest BCUT2D eigenvalue weighted by atomic mass is 16.2. The second kappa shape index (κ2) is 4.16. The normalized spacial score (nSPS) is 19.6. The van der Waals surface area contributed by atoms with Crippen LogP contribution in [-0.4, -0.2) is 24.0 Å². The Labute approximate surface area is 96.5 Å². The second-order valence-electron chi connectivity index (χ2n) is 4.75. The van der Waals surface area contributed by atoms with Gasteiger partial charge in [-0.1, -0.05) is 26.0 Å². The Morgan fingerprint density at radius 3 is 2.75 bits per heavy atom. The Hall–Kier alpha value is -1.51. The van der Waals surface area contributed by atoms with Crippen LogP contribution in [0.2, 0.25) is 0 Å². The van der Waals surface area contributed by atoms with Crippen LogP contribution in [0.5, 0.6) is 0 Å². The predicted octanol–water partition coefficient (Wildman–Crippen LogP) is 2.56. The van der Waals surface area contributed by atoms with Crippen molar-refractivity contribution < 1.29 is 4.79 Å². The van der Waals surface area contributed by atoms with Crippen molar-refractivity contribution >= 4 is 11.6 Å². The molecule has 3 nitrogen and oxygen atoms in total. The molecule has 1 amide bonds. The number of nitrogens with one attached hydrogen (secondary N) is 1. The van der Waals surface area contributed by atoms with Crippen LogP contribution in [0.25, 0.3) is 0 Å². The fraction of sp³-hybridized carbons (Fsp3) is 0.462. The van der Waals surface area contributed by atoms with Gasteiger partial charge in [0.15, 0.2) is 0 Å². The Morgan fingerprint density at radius 2 is 2.06 bits per heavy atom. The molecule has 0 spiro atoms. The van der Waals surface area contributed by atoms with E-state index in [4.69, 9.17) is 0 Å². The lowest BCUT2D eigenvalue weighted by Crippen LogP contribution is -2.46. The van der Waals surface area contributed by atoms with Crippen LogP contribution in [-0.2, 0) is 0 Å². The molecule has 1 aliphatic rings. The molecule has 1 N–H and O–H groups in total. The minimum absolute atomic E-state index is 0.111. The Bertz CT molecular complexity index is 401. The van der Waals surface area contributed by atoms with Gasteiger partial charge in [0, 0.05) is 12.7 Å². The molecule has 1 heterocycles. The number of anilines is 1. The molecule has 1 aliphatic heterocycles. The summed E-state index contributed by atoms with van der Waals surface area (Å²) in [5.41, 5.74) is 1.72. The van der Waals surface area contributed by atoms with Crippen molar-refractivity contribution in [1.29, 1.82) is 0 Å². The first-order valence-corrected chi connectivity index (χ1v) is 5.72. The average molecular weight is 218 g/mol. The van der Waals surface area contributed by atoms with Gasteiger partial charge in [-0.3, -0.25) is 4.79 Å². The summed E-state index contributed by atoms with van der Waals surface area (Å²) in [6.45, 7) is 4.33. The lowest BCUT2D eigenvalue weighted by molar-refractivity contribution is 0.0721. The van der Waals surface area contributed by atoms with E-state index in [0.29, 0.717) is 5.92 Å². The first-order valence-electron chi connectivity index (χ1n) is 5.72. The molecule has 0 fully saturated rings. The standard InChI is InChI=1S/C13H18N2O/c1-9(2)8-12-14-11-7-5-4-6-10(11)13(16)15(12)3/h4-7,9,12,14H,8H2,1-3H3/t12-/m0/s1. The minimum Gasteiger partial charge on any atom is -0.364 e. The fourth-order valence-corrected chi connectivity index (χ4v) is 2.07. The molecule has 1 aromatic rings. The topological polar surface area (TPSA) is 32.3 Å². The van der Waals surface area contributed by atoms with Crippen molar-refractivity contribution in [3.05, 3.63) is 29.8 Å². The van der Waals surface area contributed by atoms with E-state index in [1.54, 1.807) is 4.90 Å². The fourth-order valence-electron chi connectivity index (χ4n) is 2.07. The van der Waals surface area contributed by atoms with Crippen molar-refractivity contribution in [2.45, 2.75) is 26.4 Å². The van der Waals surface area contributed by atoms with Gasteiger partial charge in [0.25, 0.3) is 5.91 Å². The molecule has 0 bridgehead atoms. The number of rotatable bonds is 2. The summed E-state index contributed by atoms with van der Waals surface area (Å²) in [6.07, 6.45) is 1.08. The summed E-state index contributed by atoms with van der Waals surface area (Å²) in [4.78, 5) is 13.9. The van der Waals surface area contributed by atoms with Crippen LogP contribution in [0.1, 0.15) is 30.6 Å². The number of para-hydroxylation sites is 1. The number of carbonyl (C=O) groups excluding carboxylic acids is 1. The second-order valence-corrected chi connectivity index (χ2v) is 4.75. The molecule has 0 aromatic heterocycles. The lowest BCUT2D eigenvalue weighted by Gasteiger charge is -2.36. The van der Waals surface area contributed by atoms with Crippen LogP contribution in [0, 0.1) is 5.92 Å². The van der Waals surface area contributed by atoms with E-state index in [-0.39, 0.29) is 12.1 Å². The Kier molecular flexibility index (Phi) is 2.86. The van der Waals surface area contributed by atoms with Crippen molar-refractivity contribution in [2.75, 3.05) is 12.4 Å². The largest absolute Gasteiger partial charge is 0.364 e. The van der Waals surface area contributed by atoms with Gasteiger partial charge < -0.3 is 10.2 Å². The monoisotopic (exact) mass is 218 g/mol. The first kappa shape index (κ1) is 11.0. The zero-order valence-electron chi connectivity index (χ0n) is 10.0. The molecule has 1 aromatic carbocycles. The maximum absolute atomic E-state index is 12.1. The SMILES string of the molecule is CC(C)C[C@H]1Nc2ccccc2C(=O)N1C. The predicted molar refractivity (Wildman–Crippen MR) is 65.4 cm³/mol. The zero-order valence-corrected chi connectivity index (χ0v) is 10.0. The number of amides is 1. The molecule has 2 rings (SSSR count). The van der Waals surface area contributed by atoms with Gasteiger partial charge in [-0.2, -0.15) is 0 Å². The van der Waals surface area contributed by atoms with Gasteiger partial charge in [-0.15, -0.1) is 0 Å². The average Bonchev–Trinajstić information content (AvgIpc) is 2.25. The quantitative estimate of drug-likeness (QED) is 0.827. The van der Waals surface area contributed by atoms with Gasteiger partial charge in [0.2, 0.25) is 0 Å². The van der Waals surface area contributed by atoms with Gasteiger partial charge >= 0.3 is 0 Å². The molecular formula is C13H18N2O. The molecule has 0 unspecified atom stereocenters. The van der Waals surface area contributed by atoms with E-state index >= 15 is 0 Å². The van der Waals surface area contributed by atoms with Crippen molar-refractivity contribution in [1.82, 2.24) is 4.90 Å². The molecular weight excluding hydrogens is 200 g/mol. The maximum Gasteiger partial charge on any atom is 0.257 e. The Morgan fingerprint density at radius 1 is 1.38 bits per heavy atom. The third-order valence-electron chi connectivity index (χ3n) is 2.96. The summed E-state index contributed by atoms with van der Waals surface area (Å²) in [5.74, 6) is 0.679. The van der Waals surface area contributed by atoms with Crippen LogP contribution in [0.3, 0.4) is 0 Å². The smallest absolute Gasteiger partial charge is 0.257 e. The molecule has 0 saturated carbocycles. The highest BCUT2D eigenvalue weighted by Gasteiger charge is 2.28. The highest BCUT2D eigenvalue weighted by Crippen LogP contribution is 2.26. The number of benzene rings is 1. The van der Waals surface area contributed by atoms with E-state index in [2.05, 4.69) is 19.2 Å². The van der Waals surface area contributed by atoms with Gasteiger partial charge in [0.05, 0.1) is 5.56 Å². The summed E-state index contributed by atoms with van der Waals surface area (Å²) in [5, 5.41) is 3.41. The summed E-state index contributed by atoms with van der Waals surface area (Å²) in [7, 11) is 1.86. The molecule has 0 radical (unpaired) electrons. The van der Waals surface area contributed by atoms with E-state index < -0.39 is 0 Å². The number of carbonyl (C=O) groups is 1. The van der Waals surface area contributed by atoms with E-state index in [1.807, 2.05) is 31.3 Å². The number of hydrogen-bond acceptors (Lipinski definition) is 2. The Balaban J connectivity index is 2.28. The number of nitrogens with zero attached hydrogens (tertiary/aromatic N) is 1. The first-order chi connectivity index (χ1) is 7.59. The van der Waals surface area contributed by atoms with E-state index in [1.165, 1.54) is 0 Å². The van der Waals surface area contributed by atoms with Crippen molar-refractivity contribution in [3.8, 4) is 0 Å².